The van der Waals surface area contributed by atoms with E-state index in [4.69, 9.17) is 19.5 Å². The Kier molecular flexibility index (Phi) is 25.2. The van der Waals surface area contributed by atoms with Crippen LogP contribution in [-0.2, 0) is 50.7 Å². The summed E-state index contributed by atoms with van der Waals surface area (Å²) in [4.78, 5) is 88.3. The Morgan fingerprint density at radius 2 is 1.52 bits per heavy atom. The van der Waals surface area contributed by atoms with E-state index in [-0.39, 0.29) is 41.6 Å². The SMILES string of the molecule is CCCCCCCCC=CCCCCCCCC(=O)SCCNC(=O)CCNC(=O)[C@H](O)C(C)(C)COP(=O)(O)OP(=O)(O)OC[C@H]1O[C@@H](n2cnc3c(N)ncnc32)[C@H](O)[C@@H]1OP(=O)(O)O. The zero-order valence-corrected chi connectivity index (χ0v) is 41.6. The van der Waals surface area contributed by atoms with Gasteiger partial charge in [-0.25, -0.2) is 28.6 Å². The summed E-state index contributed by atoms with van der Waals surface area (Å²) in [7, 11) is -16.4. The maximum absolute atomic E-state index is 12.7. The molecule has 3 heterocycles. The van der Waals surface area contributed by atoms with Gasteiger partial charge in [-0.15, -0.1) is 0 Å². The van der Waals surface area contributed by atoms with Gasteiger partial charge in [0.1, 0.15) is 36.3 Å². The molecular weight excluding hydrogens is 963 g/mol. The summed E-state index contributed by atoms with van der Waals surface area (Å²) < 4.78 is 62.4. The van der Waals surface area contributed by atoms with Crippen LogP contribution >= 0.6 is 35.2 Å². The van der Waals surface area contributed by atoms with Crippen LogP contribution in [0.25, 0.3) is 11.2 Å². The van der Waals surface area contributed by atoms with E-state index >= 15 is 0 Å². The minimum Gasteiger partial charge on any atom is -0.386 e. The number of aliphatic hydroxyl groups is 2. The predicted molar refractivity (Wildman–Crippen MR) is 247 cm³/mol. The van der Waals surface area contributed by atoms with Crippen LogP contribution in [0.1, 0.15) is 123 Å². The van der Waals surface area contributed by atoms with Crippen molar-refractivity contribution in [2.45, 2.75) is 148 Å². The molecule has 2 aromatic rings. The third-order valence-corrected chi connectivity index (χ3v) is 14.4. The van der Waals surface area contributed by atoms with E-state index < -0.39 is 84.6 Å². The van der Waals surface area contributed by atoms with Gasteiger partial charge in [0.05, 0.1) is 19.5 Å². The number of ether oxygens (including phenoxy) is 1. The number of nitrogen functional groups attached to an aromatic ring is 1. The van der Waals surface area contributed by atoms with E-state index in [1.54, 1.807) is 0 Å². The first kappa shape index (κ1) is 58.6. The topological polar surface area (TPSA) is 364 Å². The first-order chi connectivity index (χ1) is 31.6. The quantitative estimate of drug-likeness (QED) is 0.0260. The standard InChI is InChI=1S/C39H68N7O17P3S/c1-4-5-6-7-8-9-10-11-12-13-14-15-16-17-18-19-30(48)67-23-22-41-29(47)20-21-42-37(51)34(50)39(2,3)25-60-66(57,58)63-65(55,56)59-24-28-33(62-64(52,53)54)32(49)38(61-28)46-27-45-31-35(40)43-26-44-36(31)46/h11-12,26-28,32-34,38,49-50H,4-10,13-25H2,1-3H3,(H,41,47)(H,42,51)(H,55,56)(H,57,58)(H2,40,43,44)(H2,52,53,54)/t28-,32-,33-,34+,38-/m1/s1. The molecule has 1 aliphatic heterocycles. The monoisotopic (exact) mass is 1030 g/mol. The molecule has 2 amide bonds. The van der Waals surface area contributed by atoms with Crippen molar-refractivity contribution in [3.8, 4) is 0 Å². The first-order valence-corrected chi connectivity index (χ1v) is 27.8. The molecule has 28 heteroatoms. The average molecular weight is 1030 g/mol. The molecule has 7 atom stereocenters. The molecule has 10 N–H and O–H groups in total. The smallest absolute Gasteiger partial charge is 0.386 e. The number of hydrogen-bond acceptors (Lipinski definition) is 18. The van der Waals surface area contributed by atoms with E-state index in [1.165, 1.54) is 52.4 Å². The highest BCUT2D eigenvalue weighted by Gasteiger charge is 2.50. The van der Waals surface area contributed by atoms with Crippen LogP contribution in [0.15, 0.2) is 24.8 Å². The van der Waals surface area contributed by atoms with Gasteiger partial charge in [0.25, 0.3) is 0 Å². The molecule has 1 saturated heterocycles. The highest BCUT2D eigenvalue weighted by Crippen LogP contribution is 2.61. The number of allylic oxidation sites excluding steroid dienone is 2. The van der Waals surface area contributed by atoms with E-state index in [0.29, 0.717) is 12.2 Å². The fraction of sp³-hybridized carbons (Fsp3) is 0.744. The van der Waals surface area contributed by atoms with Gasteiger partial charge in [0.15, 0.2) is 22.8 Å². The van der Waals surface area contributed by atoms with Crippen LogP contribution < -0.4 is 16.4 Å². The molecule has 2 aromatic heterocycles. The van der Waals surface area contributed by atoms with Crippen molar-refractivity contribution in [1.82, 2.24) is 30.2 Å². The van der Waals surface area contributed by atoms with Crippen molar-refractivity contribution in [3.05, 3.63) is 24.8 Å². The first-order valence-electron chi connectivity index (χ1n) is 22.3. The zero-order chi connectivity index (χ0) is 49.7. The summed E-state index contributed by atoms with van der Waals surface area (Å²) in [5, 5.41) is 26.7. The molecule has 24 nitrogen and oxygen atoms in total. The summed E-state index contributed by atoms with van der Waals surface area (Å²) in [5.41, 5.74) is 4.29. The Hall–Kier alpha value is -2.70. The Morgan fingerprint density at radius 3 is 2.18 bits per heavy atom. The number of nitrogens with one attached hydrogen (secondary N) is 2. The normalized spacial score (nSPS) is 20.2. The molecule has 0 aliphatic carbocycles. The number of aliphatic hydroxyl groups excluding tert-OH is 2. The van der Waals surface area contributed by atoms with Crippen molar-refractivity contribution in [1.29, 1.82) is 0 Å². The fourth-order valence-corrected chi connectivity index (χ4v) is 10.3. The van der Waals surface area contributed by atoms with Gasteiger partial charge >= 0.3 is 23.5 Å². The number of unbranched alkanes of at least 4 members (excludes halogenated alkanes) is 11. The molecule has 382 valence electrons. The van der Waals surface area contributed by atoms with Gasteiger partial charge in [-0.1, -0.05) is 96.1 Å². The van der Waals surface area contributed by atoms with Crippen molar-refractivity contribution in [2.75, 3.05) is 37.8 Å². The Balaban J connectivity index is 1.30. The van der Waals surface area contributed by atoms with Crippen LogP contribution in [0.2, 0.25) is 0 Å². The van der Waals surface area contributed by atoms with Crippen LogP contribution in [0.5, 0.6) is 0 Å². The van der Waals surface area contributed by atoms with Crippen molar-refractivity contribution in [3.63, 3.8) is 0 Å². The number of anilines is 1. The number of nitrogens with zero attached hydrogens (tertiary/aromatic N) is 4. The number of rotatable bonds is 34. The maximum Gasteiger partial charge on any atom is 0.481 e. The number of imidazole rings is 1. The van der Waals surface area contributed by atoms with Crippen molar-refractivity contribution in [2.24, 2.45) is 5.41 Å². The molecule has 2 unspecified atom stereocenters. The van der Waals surface area contributed by atoms with Gasteiger partial charge in [-0.05, 0) is 32.1 Å². The largest absolute Gasteiger partial charge is 0.481 e. The third kappa shape index (κ3) is 21.9. The van der Waals surface area contributed by atoms with Gasteiger partial charge < -0.3 is 50.9 Å². The molecule has 0 bridgehead atoms. The predicted octanol–water partition coefficient (Wildman–Crippen LogP) is 4.70. The van der Waals surface area contributed by atoms with E-state index in [1.807, 2.05) is 0 Å². The third-order valence-electron chi connectivity index (χ3n) is 10.4. The molecule has 0 aromatic carbocycles. The number of amides is 2. The van der Waals surface area contributed by atoms with Gasteiger partial charge in [0.2, 0.25) is 11.8 Å². The molecule has 1 aliphatic rings. The highest BCUT2D eigenvalue weighted by molar-refractivity contribution is 8.13. The van der Waals surface area contributed by atoms with Gasteiger partial charge in [-0.3, -0.25) is 32.5 Å². The number of fused-ring (bicyclic) bond motifs is 1. The second kappa shape index (κ2) is 28.8. The molecule has 3 rings (SSSR count). The number of phosphoric acid groups is 3. The lowest BCUT2D eigenvalue weighted by atomic mass is 9.87. The van der Waals surface area contributed by atoms with Crippen LogP contribution in [0.3, 0.4) is 0 Å². The zero-order valence-electron chi connectivity index (χ0n) is 38.1. The van der Waals surface area contributed by atoms with Crippen LogP contribution in [0.4, 0.5) is 5.82 Å². The van der Waals surface area contributed by atoms with Crippen molar-refractivity contribution >= 4 is 69.1 Å². The lowest BCUT2D eigenvalue weighted by molar-refractivity contribution is -0.137. The summed E-state index contributed by atoms with van der Waals surface area (Å²) in [6, 6.07) is 0. The Bertz CT molecular complexity index is 2040. The highest BCUT2D eigenvalue weighted by atomic mass is 32.2. The summed E-state index contributed by atoms with van der Waals surface area (Å²) in [5.74, 6) is -1.03. The van der Waals surface area contributed by atoms with E-state index in [2.05, 4.69) is 53.5 Å². The van der Waals surface area contributed by atoms with Crippen LogP contribution in [0, 0.1) is 5.41 Å². The van der Waals surface area contributed by atoms with Crippen LogP contribution in [-0.4, -0.2) is 123 Å². The number of aromatic nitrogens is 4. The number of hydrogen-bond donors (Lipinski definition) is 9. The van der Waals surface area contributed by atoms with Gasteiger partial charge in [0, 0.05) is 37.1 Å². The number of nitrogens with two attached hydrogens (primary N) is 1. The molecule has 0 radical (unpaired) electrons. The summed E-state index contributed by atoms with van der Waals surface area (Å²) in [6.07, 6.45) is 13.5. The second-order valence-corrected chi connectivity index (χ2v) is 22.0. The number of carbonyl (C=O) groups excluding carboxylic acids is 3. The van der Waals surface area contributed by atoms with Gasteiger partial charge in [-0.2, -0.15) is 4.31 Å². The lowest BCUT2D eigenvalue weighted by Crippen LogP contribution is -2.46. The number of thioether (sulfide) groups is 1. The molecule has 0 saturated carbocycles. The fourth-order valence-electron chi connectivity index (χ4n) is 6.71. The van der Waals surface area contributed by atoms with E-state index in [9.17, 15) is 57.9 Å². The molecule has 0 spiro atoms. The maximum atomic E-state index is 12.7. The minimum absolute atomic E-state index is 0.0331. The molecular formula is C39H68N7O17P3S. The molecule has 67 heavy (non-hydrogen) atoms. The molecule has 1 fully saturated rings. The summed E-state index contributed by atoms with van der Waals surface area (Å²) in [6.45, 7) is 2.79. The second-order valence-electron chi connectivity index (χ2n) is 16.6. The lowest BCUT2D eigenvalue weighted by Gasteiger charge is -2.30. The number of phosphoric ester groups is 3. The van der Waals surface area contributed by atoms with E-state index in [0.717, 1.165) is 73.9 Å². The minimum atomic E-state index is -5.58. The Morgan fingerprint density at radius 1 is 0.896 bits per heavy atom. The Labute approximate surface area is 394 Å². The summed E-state index contributed by atoms with van der Waals surface area (Å²) >= 11 is 1.15. The average Bonchev–Trinajstić information content (AvgIpc) is 3.81. The number of carbonyl (C=O) groups is 3. The van der Waals surface area contributed by atoms with Crippen molar-refractivity contribution < 1.29 is 80.5 Å².